The van der Waals surface area contributed by atoms with Crippen LogP contribution in [0.5, 0.6) is 0 Å². The quantitative estimate of drug-likeness (QED) is 0.202. The number of anilines is 2. The summed E-state index contributed by atoms with van der Waals surface area (Å²) in [5, 5.41) is 21.9. The Hall–Kier alpha value is -2.11. The zero-order valence-corrected chi connectivity index (χ0v) is 24.5. The summed E-state index contributed by atoms with van der Waals surface area (Å²) in [5.74, 6) is 0.284. The lowest BCUT2D eigenvalue weighted by Crippen LogP contribution is -2.32. The molecule has 2 amide bonds. The van der Waals surface area contributed by atoms with Gasteiger partial charge in [-0.05, 0) is 42.9 Å². The number of thioether (sulfide) groups is 2. The van der Waals surface area contributed by atoms with E-state index < -0.39 is 15.9 Å². The van der Waals surface area contributed by atoms with Crippen LogP contribution in [0.15, 0.2) is 37.8 Å². The van der Waals surface area contributed by atoms with Crippen molar-refractivity contribution in [2.75, 3.05) is 35.2 Å². The maximum atomic E-state index is 12.9. The summed E-state index contributed by atoms with van der Waals surface area (Å²) in [5.41, 5.74) is 0.290. The number of rotatable bonds is 14. The molecular weight excluding hydrogens is 575 g/mol. The van der Waals surface area contributed by atoms with Gasteiger partial charge < -0.3 is 0 Å². The van der Waals surface area contributed by atoms with E-state index in [0.717, 1.165) is 34.3 Å². The van der Waals surface area contributed by atoms with Gasteiger partial charge in [-0.1, -0.05) is 67.0 Å². The molecule has 0 bridgehead atoms. The first-order valence-electron chi connectivity index (χ1n) is 11.4. The Balaban J connectivity index is 1.53. The monoisotopic (exact) mass is 601 g/mol. The van der Waals surface area contributed by atoms with Crippen LogP contribution < -0.4 is 10.6 Å². The average molecular weight is 602 g/mol. The summed E-state index contributed by atoms with van der Waals surface area (Å²) in [6.45, 7) is 6.76. The maximum Gasteiger partial charge on any atom is 0.257 e. The molecule has 1 aromatic carbocycles. The molecule has 11 nitrogen and oxygen atoms in total. The second-order valence-electron chi connectivity index (χ2n) is 7.40. The summed E-state index contributed by atoms with van der Waals surface area (Å²) in [4.78, 5) is 24.9. The van der Waals surface area contributed by atoms with Crippen LogP contribution in [-0.4, -0.2) is 69.5 Å². The Morgan fingerprint density at radius 3 is 2.00 bits per heavy atom. The molecule has 0 aliphatic heterocycles. The van der Waals surface area contributed by atoms with Crippen LogP contribution in [0.25, 0.3) is 0 Å². The van der Waals surface area contributed by atoms with Crippen LogP contribution in [0, 0.1) is 0 Å². The van der Waals surface area contributed by atoms with E-state index in [-0.39, 0.29) is 27.3 Å². The topological polar surface area (TPSA) is 147 Å². The zero-order chi connectivity index (χ0) is 26.8. The highest BCUT2D eigenvalue weighted by Crippen LogP contribution is 2.28. The number of hydrogen-bond donors (Lipinski definition) is 2. The van der Waals surface area contributed by atoms with Gasteiger partial charge in [-0.2, -0.15) is 4.31 Å². The van der Waals surface area contributed by atoms with E-state index in [0.29, 0.717) is 22.6 Å². The first-order valence-corrected chi connectivity index (χ1v) is 16.4. The molecule has 3 aromatic rings. The molecule has 3 rings (SSSR count). The average Bonchev–Trinajstić information content (AvgIpc) is 3.52. The predicted molar refractivity (Wildman–Crippen MR) is 149 cm³/mol. The highest BCUT2D eigenvalue weighted by Gasteiger charge is 2.23. The molecule has 0 spiro atoms. The summed E-state index contributed by atoms with van der Waals surface area (Å²) >= 11 is 5.19. The largest absolute Gasteiger partial charge is 0.300 e. The third kappa shape index (κ3) is 8.44. The van der Waals surface area contributed by atoms with Gasteiger partial charge in [0.2, 0.25) is 26.2 Å². The molecule has 0 radical (unpaired) electrons. The van der Waals surface area contributed by atoms with Crippen LogP contribution in [0.1, 0.15) is 44.0 Å². The van der Waals surface area contributed by atoms with E-state index in [1.807, 2.05) is 20.8 Å². The van der Waals surface area contributed by atoms with Crippen LogP contribution in [0.4, 0.5) is 10.3 Å². The molecule has 0 aliphatic rings. The van der Waals surface area contributed by atoms with Crippen LogP contribution >= 0.6 is 46.2 Å². The number of aromatic nitrogens is 4. The minimum Gasteiger partial charge on any atom is -0.300 e. The van der Waals surface area contributed by atoms with E-state index >= 15 is 0 Å². The highest BCUT2D eigenvalue weighted by molar-refractivity contribution is 8.01. The summed E-state index contributed by atoms with van der Waals surface area (Å²) < 4.78 is 28.6. The standard InChI is InChI=1S/C21H27N7O4S5/c1-4-11-28(12-5-2)37(31,32)15-9-7-14(8-10-15)17(30)23-19-25-27-21(36-19)34-13-16(29)22-18-24-26-20(35-18)33-6-3/h7-10H,4-6,11-13H2,1-3H3,(H,22,24,29)(H,23,25,30). The molecule has 0 saturated heterocycles. The Bertz CT molecular complexity index is 1290. The van der Waals surface area contributed by atoms with Gasteiger partial charge in [0.25, 0.3) is 5.91 Å². The first kappa shape index (κ1) is 29.4. The minimum absolute atomic E-state index is 0.0986. The Labute approximate surface area is 232 Å². The molecule has 0 saturated carbocycles. The molecule has 0 fully saturated rings. The van der Waals surface area contributed by atoms with E-state index in [2.05, 4.69) is 31.0 Å². The van der Waals surface area contributed by atoms with E-state index in [4.69, 9.17) is 0 Å². The molecule has 0 unspecified atom stereocenters. The molecule has 200 valence electrons. The highest BCUT2D eigenvalue weighted by atomic mass is 32.2. The van der Waals surface area contributed by atoms with Crippen molar-refractivity contribution in [2.45, 2.75) is 47.2 Å². The number of amides is 2. The van der Waals surface area contributed by atoms with Gasteiger partial charge >= 0.3 is 0 Å². The number of sulfonamides is 1. The molecule has 2 heterocycles. The van der Waals surface area contributed by atoms with E-state index in [1.54, 1.807) is 11.8 Å². The number of carbonyl (C=O) groups excluding carboxylic acids is 2. The fourth-order valence-electron chi connectivity index (χ4n) is 2.99. The van der Waals surface area contributed by atoms with Gasteiger partial charge in [0.1, 0.15) is 0 Å². The molecular formula is C21H27N7O4S5. The van der Waals surface area contributed by atoms with Crippen molar-refractivity contribution in [3.8, 4) is 0 Å². The number of carbonyl (C=O) groups is 2. The van der Waals surface area contributed by atoms with Crippen LogP contribution in [-0.2, 0) is 14.8 Å². The number of hydrogen-bond acceptors (Lipinski definition) is 12. The Morgan fingerprint density at radius 1 is 0.865 bits per heavy atom. The van der Waals surface area contributed by atoms with Crippen molar-refractivity contribution in [3.05, 3.63) is 29.8 Å². The lowest BCUT2D eigenvalue weighted by atomic mass is 10.2. The second kappa shape index (κ2) is 14.2. The lowest BCUT2D eigenvalue weighted by molar-refractivity contribution is -0.113. The molecule has 2 N–H and O–H groups in total. The fraction of sp³-hybridized carbons (Fsp3) is 0.429. The minimum atomic E-state index is -3.62. The zero-order valence-electron chi connectivity index (χ0n) is 20.5. The van der Waals surface area contributed by atoms with Gasteiger partial charge in [-0.25, -0.2) is 8.42 Å². The third-order valence-electron chi connectivity index (χ3n) is 4.57. The van der Waals surface area contributed by atoms with Crippen molar-refractivity contribution < 1.29 is 18.0 Å². The van der Waals surface area contributed by atoms with Crippen LogP contribution in [0.3, 0.4) is 0 Å². The van der Waals surface area contributed by atoms with Gasteiger partial charge in [-0.15, -0.1) is 20.4 Å². The Kier molecular flexibility index (Phi) is 11.3. The number of benzene rings is 1. The Morgan fingerprint density at radius 2 is 1.43 bits per heavy atom. The van der Waals surface area contributed by atoms with Crippen molar-refractivity contribution in [1.29, 1.82) is 0 Å². The smallest absolute Gasteiger partial charge is 0.257 e. The molecule has 16 heteroatoms. The van der Waals surface area contributed by atoms with Crippen molar-refractivity contribution in [1.82, 2.24) is 24.7 Å². The van der Waals surface area contributed by atoms with Crippen molar-refractivity contribution >= 4 is 78.3 Å². The lowest BCUT2D eigenvalue weighted by Gasteiger charge is -2.21. The molecule has 2 aromatic heterocycles. The first-order chi connectivity index (χ1) is 17.8. The van der Waals surface area contributed by atoms with Gasteiger partial charge in [0.05, 0.1) is 10.6 Å². The van der Waals surface area contributed by atoms with E-state index in [9.17, 15) is 18.0 Å². The summed E-state index contributed by atoms with van der Waals surface area (Å²) in [6.07, 6.45) is 1.43. The summed E-state index contributed by atoms with van der Waals surface area (Å²) in [7, 11) is -3.62. The normalized spacial score (nSPS) is 11.6. The molecule has 0 aliphatic carbocycles. The van der Waals surface area contributed by atoms with Crippen molar-refractivity contribution in [3.63, 3.8) is 0 Å². The number of nitrogens with zero attached hydrogens (tertiary/aromatic N) is 5. The molecule has 0 atom stereocenters. The fourth-order valence-corrected chi connectivity index (χ4v) is 7.83. The van der Waals surface area contributed by atoms with E-state index in [1.165, 1.54) is 51.7 Å². The SMILES string of the molecule is CCCN(CCC)S(=O)(=O)c1ccc(C(=O)Nc2nnc(SCC(=O)Nc3nnc(SCC)s3)s2)cc1. The second-order valence-corrected chi connectivity index (χ2v) is 14.0. The van der Waals surface area contributed by atoms with Crippen LogP contribution in [0.2, 0.25) is 0 Å². The van der Waals surface area contributed by atoms with Crippen molar-refractivity contribution in [2.24, 2.45) is 0 Å². The maximum absolute atomic E-state index is 12.9. The summed E-state index contributed by atoms with van der Waals surface area (Å²) in [6, 6.07) is 5.81. The van der Waals surface area contributed by atoms with Gasteiger partial charge in [0.15, 0.2) is 8.68 Å². The predicted octanol–water partition coefficient (Wildman–Crippen LogP) is 4.30. The van der Waals surface area contributed by atoms with Gasteiger partial charge in [-0.3, -0.25) is 20.2 Å². The third-order valence-corrected chi connectivity index (χ3v) is 10.3. The number of nitrogens with one attached hydrogen (secondary N) is 2. The van der Waals surface area contributed by atoms with Gasteiger partial charge in [0, 0.05) is 18.7 Å². The molecule has 37 heavy (non-hydrogen) atoms.